The fourth-order valence-electron chi connectivity index (χ4n) is 4.05. The summed E-state index contributed by atoms with van der Waals surface area (Å²) in [7, 11) is 0. The number of ether oxygens (including phenoxy) is 1. The Labute approximate surface area is 182 Å². The van der Waals surface area contributed by atoms with Crippen LogP contribution in [-0.2, 0) is 11.3 Å². The van der Waals surface area contributed by atoms with Gasteiger partial charge in [-0.1, -0.05) is 68.1 Å². The fourth-order valence-corrected chi connectivity index (χ4v) is 5.07. The lowest BCUT2D eigenvalue weighted by molar-refractivity contribution is -0.914. The van der Waals surface area contributed by atoms with Gasteiger partial charge in [0.25, 0.3) is 5.56 Å². The van der Waals surface area contributed by atoms with Crippen molar-refractivity contribution >= 4 is 22.7 Å². The van der Waals surface area contributed by atoms with Crippen molar-refractivity contribution in [3.05, 3.63) is 70.5 Å². The van der Waals surface area contributed by atoms with Gasteiger partial charge in [0.05, 0.1) is 30.6 Å². The Morgan fingerprint density at radius 2 is 1.93 bits per heavy atom. The standard InChI is InChI=1S/C24H29N3O2S/c1-18(2)14-26-12-13-29-20(16-26)17-30-24-25-22-11-7-6-10-21(22)23(28)27(24)15-19-8-4-3-5-9-19/h3-11,18,20H,12-17H2,1-2H3/p+1/t20-/m0/s1. The molecule has 6 heteroatoms. The molecule has 1 aromatic heterocycles. The number of fused-ring (bicyclic) bond motifs is 1. The number of para-hydroxylation sites is 1. The van der Waals surface area contributed by atoms with Gasteiger partial charge < -0.3 is 9.64 Å². The molecule has 4 rings (SSSR count). The van der Waals surface area contributed by atoms with Crippen molar-refractivity contribution in [2.75, 3.05) is 32.0 Å². The third-order valence-corrected chi connectivity index (χ3v) is 6.54. The van der Waals surface area contributed by atoms with Gasteiger partial charge in [-0.2, -0.15) is 0 Å². The van der Waals surface area contributed by atoms with Crippen LogP contribution >= 0.6 is 11.8 Å². The second-order valence-electron chi connectivity index (χ2n) is 8.39. The molecule has 0 radical (unpaired) electrons. The van der Waals surface area contributed by atoms with Crippen molar-refractivity contribution in [1.82, 2.24) is 9.55 Å². The summed E-state index contributed by atoms with van der Waals surface area (Å²) < 4.78 is 7.84. The van der Waals surface area contributed by atoms with E-state index >= 15 is 0 Å². The van der Waals surface area contributed by atoms with Crippen LogP contribution in [-0.4, -0.2) is 47.6 Å². The number of quaternary nitrogens is 1. The van der Waals surface area contributed by atoms with E-state index < -0.39 is 0 Å². The highest BCUT2D eigenvalue weighted by atomic mass is 32.2. The zero-order chi connectivity index (χ0) is 20.9. The van der Waals surface area contributed by atoms with Crippen LogP contribution in [0.4, 0.5) is 0 Å². The average molecular weight is 425 g/mol. The molecule has 2 aromatic carbocycles. The van der Waals surface area contributed by atoms with Crippen LogP contribution in [0.3, 0.4) is 0 Å². The van der Waals surface area contributed by atoms with E-state index in [0.717, 1.165) is 41.7 Å². The Hall–Kier alpha value is -2.15. The van der Waals surface area contributed by atoms with Gasteiger partial charge >= 0.3 is 0 Å². The first kappa shape index (κ1) is 21.1. The van der Waals surface area contributed by atoms with Gasteiger partial charge in [0.1, 0.15) is 19.2 Å². The Morgan fingerprint density at radius 1 is 1.17 bits per heavy atom. The summed E-state index contributed by atoms with van der Waals surface area (Å²) in [5.74, 6) is 1.49. The molecule has 2 atom stereocenters. The molecule has 0 bridgehead atoms. The summed E-state index contributed by atoms with van der Waals surface area (Å²) in [6, 6.07) is 17.7. The molecule has 0 aliphatic carbocycles. The van der Waals surface area contributed by atoms with Crippen LogP contribution in [0.25, 0.3) is 10.9 Å². The van der Waals surface area contributed by atoms with E-state index in [1.165, 1.54) is 6.54 Å². The Kier molecular flexibility index (Phi) is 6.87. The van der Waals surface area contributed by atoms with Gasteiger partial charge in [-0.15, -0.1) is 0 Å². The van der Waals surface area contributed by atoms with Crippen LogP contribution < -0.4 is 10.5 Å². The Bertz CT molecular complexity index is 1040. The topological polar surface area (TPSA) is 48.6 Å². The highest BCUT2D eigenvalue weighted by Gasteiger charge is 2.25. The first-order valence-electron chi connectivity index (χ1n) is 10.7. The average Bonchev–Trinajstić information content (AvgIpc) is 2.75. The predicted molar refractivity (Wildman–Crippen MR) is 122 cm³/mol. The minimum absolute atomic E-state index is 0.0172. The molecular formula is C24H30N3O2S+. The second-order valence-corrected chi connectivity index (χ2v) is 9.38. The second kappa shape index (κ2) is 9.77. The molecule has 5 nitrogen and oxygen atoms in total. The number of hydrogen-bond donors (Lipinski definition) is 1. The smallest absolute Gasteiger partial charge is 0.262 e. The number of thioether (sulfide) groups is 1. The van der Waals surface area contributed by atoms with Crippen molar-refractivity contribution in [2.24, 2.45) is 5.92 Å². The number of morpholine rings is 1. The summed E-state index contributed by atoms with van der Waals surface area (Å²) in [6.07, 6.45) is 0.186. The number of nitrogens with zero attached hydrogens (tertiary/aromatic N) is 2. The van der Waals surface area contributed by atoms with Crippen molar-refractivity contribution in [3.8, 4) is 0 Å². The van der Waals surface area contributed by atoms with Crippen LogP contribution in [0.1, 0.15) is 19.4 Å². The third kappa shape index (κ3) is 5.12. The van der Waals surface area contributed by atoms with Crippen LogP contribution in [0.15, 0.2) is 64.5 Å². The molecule has 1 fully saturated rings. The molecule has 0 saturated carbocycles. The molecule has 1 N–H and O–H groups in total. The summed E-state index contributed by atoms with van der Waals surface area (Å²) in [5, 5.41) is 1.43. The molecule has 0 spiro atoms. The van der Waals surface area contributed by atoms with E-state index in [0.29, 0.717) is 17.8 Å². The Balaban J connectivity index is 1.57. The van der Waals surface area contributed by atoms with Crippen molar-refractivity contribution in [2.45, 2.75) is 31.7 Å². The number of hydrogen-bond acceptors (Lipinski definition) is 4. The molecule has 1 aliphatic heterocycles. The number of rotatable bonds is 7. The summed E-state index contributed by atoms with van der Waals surface area (Å²) >= 11 is 1.64. The van der Waals surface area contributed by atoms with E-state index in [2.05, 4.69) is 13.8 Å². The lowest BCUT2D eigenvalue weighted by Crippen LogP contribution is -3.15. The van der Waals surface area contributed by atoms with Crippen LogP contribution in [0, 0.1) is 5.92 Å². The SMILES string of the molecule is CC(C)C[NH+]1CCO[C@H](CSc2nc3ccccc3c(=O)n2Cc2ccccc2)C1. The van der Waals surface area contributed by atoms with Gasteiger partial charge in [-0.25, -0.2) is 4.98 Å². The molecule has 1 aliphatic rings. The number of benzene rings is 2. The largest absolute Gasteiger partial charge is 0.366 e. The van der Waals surface area contributed by atoms with E-state index in [1.807, 2.05) is 59.2 Å². The van der Waals surface area contributed by atoms with Crippen molar-refractivity contribution in [3.63, 3.8) is 0 Å². The minimum Gasteiger partial charge on any atom is -0.366 e. The molecule has 0 amide bonds. The van der Waals surface area contributed by atoms with Crippen molar-refractivity contribution < 1.29 is 9.64 Å². The van der Waals surface area contributed by atoms with Gasteiger partial charge in [-0.3, -0.25) is 9.36 Å². The van der Waals surface area contributed by atoms with E-state index in [4.69, 9.17) is 9.72 Å². The quantitative estimate of drug-likeness (QED) is 0.468. The fraction of sp³-hybridized carbons (Fsp3) is 0.417. The van der Waals surface area contributed by atoms with Gasteiger partial charge in [0.15, 0.2) is 5.16 Å². The molecule has 1 saturated heterocycles. The molecule has 158 valence electrons. The zero-order valence-electron chi connectivity index (χ0n) is 17.7. The molecule has 1 unspecified atom stereocenters. The molecule has 2 heterocycles. The monoisotopic (exact) mass is 424 g/mol. The minimum atomic E-state index is 0.0172. The van der Waals surface area contributed by atoms with Crippen molar-refractivity contribution in [1.29, 1.82) is 0 Å². The molecule has 3 aromatic rings. The lowest BCUT2D eigenvalue weighted by Gasteiger charge is -2.31. The highest BCUT2D eigenvalue weighted by molar-refractivity contribution is 7.99. The number of nitrogens with one attached hydrogen (secondary N) is 1. The first-order valence-corrected chi connectivity index (χ1v) is 11.7. The highest BCUT2D eigenvalue weighted by Crippen LogP contribution is 2.20. The summed E-state index contributed by atoms with van der Waals surface area (Å²) in [4.78, 5) is 19.7. The van der Waals surface area contributed by atoms with E-state index in [9.17, 15) is 4.79 Å². The van der Waals surface area contributed by atoms with E-state index in [1.54, 1.807) is 16.7 Å². The third-order valence-electron chi connectivity index (χ3n) is 5.43. The van der Waals surface area contributed by atoms with Crippen LogP contribution in [0.5, 0.6) is 0 Å². The zero-order valence-corrected chi connectivity index (χ0v) is 18.5. The predicted octanol–water partition coefficient (Wildman–Crippen LogP) is 2.48. The van der Waals surface area contributed by atoms with Gasteiger partial charge in [-0.05, 0) is 17.7 Å². The van der Waals surface area contributed by atoms with Gasteiger partial charge in [0, 0.05) is 11.7 Å². The lowest BCUT2D eigenvalue weighted by atomic mass is 10.2. The molecular weight excluding hydrogens is 394 g/mol. The maximum absolute atomic E-state index is 13.3. The summed E-state index contributed by atoms with van der Waals surface area (Å²) in [6.45, 7) is 9.14. The maximum atomic E-state index is 13.3. The van der Waals surface area contributed by atoms with E-state index in [-0.39, 0.29) is 11.7 Å². The number of aromatic nitrogens is 2. The normalized spacial score (nSPS) is 19.4. The first-order chi connectivity index (χ1) is 14.6. The molecule has 30 heavy (non-hydrogen) atoms. The van der Waals surface area contributed by atoms with Gasteiger partial charge in [0.2, 0.25) is 0 Å². The summed E-state index contributed by atoms with van der Waals surface area (Å²) in [5.41, 5.74) is 1.87. The Morgan fingerprint density at radius 3 is 2.73 bits per heavy atom. The maximum Gasteiger partial charge on any atom is 0.262 e. The van der Waals surface area contributed by atoms with Crippen LogP contribution in [0.2, 0.25) is 0 Å².